The van der Waals surface area contributed by atoms with E-state index < -0.39 is 5.41 Å². The van der Waals surface area contributed by atoms with Crippen LogP contribution >= 0.6 is 0 Å². The summed E-state index contributed by atoms with van der Waals surface area (Å²) in [6.45, 7) is 1.50. The van der Waals surface area contributed by atoms with Crippen LogP contribution in [0.3, 0.4) is 0 Å². The van der Waals surface area contributed by atoms with E-state index in [0.29, 0.717) is 26.3 Å². The molecule has 0 bridgehead atoms. The Morgan fingerprint density at radius 1 is 1.38 bits per heavy atom. The second kappa shape index (κ2) is 7.81. The van der Waals surface area contributed by atoms with Gasteiger partial charge in [0, 0.05) is 25.0 Å². The van der Waals surface area contributed by atoms with Crippen LogP contribution in [0.4, 0.5) is 0 Å². The van der Waals surface area contributed by atoms with Gasteiger partial charge in [-0.25, -0.2) is 4.63 Å². The Hall–Kier alpha value is -2.49. The monoisotopic (exact) mass is 366 g/mol. The van der Waals surface area contributed by atoms with Crippen molar-refractivity contribution in [3.8, 4) is 0 Å². The van der Waals surface area contributed by atoms with Gasteiger partial charge in [0.2, 0.25) is 5.91 Å². The molecule has 26 heavy (non-hydrogen) atoms. The molecule has 2 aliphatic heterocycles. The number of nitrogens with one attached hydrogen (secondary N) is 1. The van der Waals surface area contributed by atoms with Gasteiger partial charge in [-0.2, -0.15) is 0 Å². The van der Waals surface area contributed by atoms with Crippen molar-refractivity contribution in [1.82, 2.24) is 20.5 Å². The maximum Gasteiger partial charge on any atom is 0.290 e. The molecule has 1 aliphatic carbocycles. The smallest absolute Gasteiger partial charge is 0.290 e. The summed E-state index contributed by atoms with van der Waals surface area (Å²) in [6.07, 6.45) is 5.72. The highest BCUT2D eigenvalue weighted by atomic mass is 16.6. The van der Waals surface area contributed by atoms with Crippen LogP contribution in [0.2, 0.25) is 0 Å². The summed E-state index contributed by atoms with van der Waals surface area (Å²) in [5, 5.41) is 17.1. The fourth-order valence-electron chi connectivity index (χ4n) is 4.03. The van der Waals surface area contributed by atoms with E-state index in [2.05, 4.69) is 20.3 Å². The van der Waals surface area contributed by atoms with E-state index >= 15 is 0 Å². The topological polar surface area (TPSA) is 135 Å². The Labute approximate surface area is 149 Å². The van der Waals surface area contributed by atoms with Crippen LogP contribution < -0.4 is 5.32 Å². The molecule has 1 saturated carbocycles. The van der Waals surface area contributed by atoms with Gasteiger partial charge in [0.05, 0.1) is 18.6 Å². The lowest BCUT2D eigenvalue weighted by atomic mass is 9.80. The Kier molecular flexibility index (Phi) is 5.50. The van der Waals surface area contributed by atoms with Gasteiger partial charge < -0.3 is 20.1 Å². The highest BCUT2D eigenvalue weighted by Crippen LogP contribution is 2.42. The number of nitrogens with zero attached hydrogens (tertiary/aromatic N) is 3. The molecule has 1 aromatic heterocycles. The van der Waals surface area contributed by atoms with Gasteiger partial charge in [0.25, 0.3) is 12.4 Å². The average molecular weight is 366 g/mol. The summed E-state index contributed by atoms with van der Waals surface area (Å²) in [5.74, 6) is -0.179. The standard InChI is InChI=1S/C15H20N4O4.CH2O2/c20-13(12-5-16-23-18-12)19-6-10-7-22-9-15(10,8-19)14(21)17-11-3-1-2-4-11;2-1-3/h5,10-11H,1-4,6-9H2,(H,17,21);1H,(H,2,3)/t10-,15-;/m0./s1. The number of amides is 2. The van der Waals surface area contributed by atoms with Crippen LogP contribution in [0, 0.1) is 11.3 Å². The zero-order valence-corrected chi connectivity index (χ0v) is 14.3. The quantitative estimate of drug-likeness (QED) is 0.709. The van der Waals surface area contributed by atoms with Gasteiger partial charge in [-0.3, -0.25) is 14.4 Å². The van der Waals surface area contributed by atoms with Gasteiger partial charge in [-0.15, -0.1) is 0 Å². The third kappa shape index (κ3) is 3.41. The summed E-state index contributed by atoms with van der Waals surface area (Å²) < 4.78 is 10.1. The second-order valence-corrected chi connectivity index (χ2v) is 6.91. The number of hydrogen-bond donors (Lipinski definition) is 2. The number of rotatable bonds is 3. The van der Waals surface area contributed by atoms with Crippen LogP contribution in [-0.2, 0) is 14.3 Å². The molecule has 10 heteroatoms. The SMILES string of the molecule is O=C(c1cnon1)N1C[C@H]2COC[C@@]2(C(=O)NC2CCCC2)C1.O=CO. The van der Waals surface area contributed by atoms with Gasteiger partial charge in [-0.1, -0.05) is 18.0 Å². The number of carbonyl (C=O) groups excluding carboxylic acids is 2. The minimum absolute atomic E-state index is 0.0282. The number of aromatic nitrogens is 2. The van der Waals surface area contributed by atoms with E-state index in [-0.39, 0.29) is 35.9 Å². The lowest BCUT2D eigenvalue weighted by molar-refractivity contribution is -0.132. The summed E-state index contributed by atoms with van der Waals surface area (Å²) in [5.41, 5.74) is -0.452. The molecular formula is C16H22N4O6. The molecular weight excluding hydrogens is 344 g/mol. The highest BCUT2D eigenvalue weighted by molar-refractivity contribution is 5.93. The van der Waals surface area contributed by atoms with Crippen LogP contribution in [0.1, 0.15) is 36.2 Å². The zero-order chi connectivity index (χ0) is 18.6. The molecule has 2 atom stereocenters. The molecule has 4 rings (SSSR count). The van der Waals surface area contributed by atoms with Crippen molar-refractivity contribution >= 4 is 18.3 Å². The molecule has 142 valence electrons. The fraction of sp³-hybridized carbons (Fsp3) is 0.688. The van der Waals surface area contributed by atoms with Crippen LogP contribution in [0.15, 0.2) is 10.8 Å². The predicted octanol–water partition coefficient (Wildman–Crippen LogP) is -0.0822. The first kappa shape index (κ1) is 18.3. The molecule has 0 aromatic carbocycles. The number of carboxylic acid groups (broad SMARTS) is 1. The van der Waals surface area contributed by atoms with E-state index in [1.54, 1.807) is 4.90 Å². The lowest BCUT2D eigenvalue weighted by Crippen LogP contribution is -2.49. The Morgan fingerprint density at radius 2 is 2.12 bits per heavy atom. The number of ether oxygens (including phenoxy) is 1. The molecule has 0 spiro atoms. The molecule has 3 fully saturated rings. The Bertz CT molecular complexity index is 645. The Morgan fingerprint density at radius 3 is 2.77 bits per heavy atom. The van der Waals surface area contributed by atoms with Crippen LogP contribution in [0.25, 0.3) is 0 Å². The zero-order valence-electron chi connectivity index (χ0n) is 14.3. The maximum absolute atomic E-state index is 12.9. The third-order valence-corrected chi connectivity index (χ3v) is 5.38. The summed E-state index contributed by atoms with van der Waals surface area (Å²) in [6, 6.07) is 0.266. The van der Waals surface area contributed by atoms with Crippen molar-refractivity contribution in [3.05, 3.63) is 11.9 Å². The first-order valence-electron chi connectivity index (χ1n) is 8.64. The molecule has 1 aromatic rings. The van der Waals surface area contributed by atoms with Gasteiger partial charge in [-0.05, 0) is 18.0 Å². The first-order chi connectivity index (χ1) is 12.6. The van der Waals surface area contributed by atoms with E-state index in [0.717, 1.165) is 12.8 Å². The van der Waals surface area contributed by atoms with Crippen molar-refractivity contribution in [2.75, 3.05) is 26.3 Å². The minimum atomic E-state index is -0.630. The van der Waals surface area contributed by atoms with Crippen molar-refractivity contribution in [2.24, 2.45) is 11.3 Å². The molecule has 10 nitrogen and oxygen atoms in total. The number of hydrogen-bond acceptors (Lipinski definition) is 7. The molecule has 3 aliphatic rings. The van der Waals surface area contributed by atoms with Gasteiger partial charge >= 0.3 is 0 Å². The maximum atomic E-state index is 12.9. The number of likely N-dealkylation sites (tertiary alicyclic amines) is 1. The molecule has 2 amide bonds. The normalized spacial score (nSPS) is 27.5. The van der Waals surface area contributed by atoms with Crippen molar-refractivity contribution in [3.63, 3.8) is 0 Å². The van der Waals surface area contributed by atoms with Gasteiger partial charge in [0.1, 0.15) is 6.20 Å². The molecule has 3 heterocycles. The highest BCUT2D eigenvalue weighted by Gasteiger charge is 2.57. The van der Waals surface area contributed by atoms with E-state index in [4.69, 9.17) is 14.6 Å². The van der Waals surface area contributed by atoms with Gasteiger partial charge in [0.15, 0.2) is 5.69 Å². The summed E-state index contributed by atoms with van der Waals surface area (Å²) >= 11 is 0. The first-order valence-corrected chi connectivity index (χ1v) is 8.64. The second-order valence-electron chi connectivity index (χ2n) is 6.91. The largest absolute Gasteiger partial charge is 0.483 e. The number of fused-ring (bicyclic) bond motifs is 1. The molecule has 2 saturated heterocycles. The van der Waals surface area contributed by atoms with Crippen LogP contribution in [-0.4, -0.2) is 71.0 Å². The van der Waals surface area contributed by atoms with Crippen molar-refractivity contribution in [2.45, 2.75) is 31.7 Å². The van der Waals surface area contributed by atoms with Crippen molar-refractivity contribution in [1.29, 1.82) is 0 Å². The fourth-order valence-corrected chi connectivity index (χ4v) is 4.03. The summed E-state index contributed by atoms with van der Waals surface area (Å²) in [7, 11) is 0. The lowest BCUT2D eigenvalue weighted by Gasteiger charge is -2.27. The van der Waals surface area contributed by atoms with Crippen LogP contribution in [0.5, 0.6) is 0 Å². The van der Waals surface area contributed by atoms with Crippen molar-refractivity contribution < 1.29 is 28.9 Å². The van der Waals surface area contributed by atoms with E-state index in [1.807, 2.05) is 0 Å². The van der Waals surface area contributed by atoms with E-state index in [9.17, 15) is 9.59 Å². The Balaban J connectivity index is 0.000000613. The molecule has 0 unspecified atom stereocenters. The van der Waals surface area contributed by atoms with E-state index in [1.165, 1.54) is 19.0 Å². The molecule has 2 N–H and O–H groups in total. The minimum Gasteiger partial charge on any atom is -0.483 e. The number of carbonyl (C=O) groups is 3. The third-order valence-electron chi connectivity index (χ3n) is 5.38. The average Bonchev–Trinajstić information content (AvgIpc) is 3.38. The molecule has 0 radical (unpaired) electrons. The predicted molar refractivity (Wildman–Crippen MR) is 86.0 cm³/mol. The summed E-state index contributed by atoms with van der Waals surface area (Å²) in [4.78, 5) is 35.4.